The number of nitrogens with one attached hydrogen (secondary N) is 2. The van der Waals surface area contributed by atoms with Crippen LogP contribution < -0.4 is 10.6 Å². The molecular formula is C10H9F3N2O5. The number of alkyl halides is 2. The van der Waals surface area contributed by atoms with Crippen LogP contribution in [0.4, 0.5) is 23.8 Å². The number of benzene rings is 1. The molecular weight excluding hydrogens is 285 g/mol. The summed E-state index contributed by atoms with van der Waals surface area (Å²) in [5.74, 6) is -4.94. The maximum atomic E-state index is 13.0. The van der Waals surface area contributed by atoms with E-state index in [1.54, 1.807) is 6.07 Å². The van der Waals surface area contributed by atoms with Crippen molar-refractivity contribution in [1.82, 2.24) is 5.32 Å². The Labute approximate surface area is 109 Å². The third kappa shape index (κ3) is 4.57. The SMILES string of the molecule is O.O=C(Nc1ccccc1)NC(F)(F)C(=O)C(=O)OF. The zero-order valence-corrected chi connectivity index (χ0v) is 9.65. The zero-order chi connectivity index (χ0) is 14.5. The van der Waals surface area contributed by atoms with Crippen LogP contribution in [-0.4, -0.2) is 29.3 Å². The first-order valence-electron chi connectivity index (χ1n) is 4.76. The number of anilines is 1. The van der Waals surface area contributed by atoms with Crippen LogP contribution in [0.1, 0.15) is 0 Å². The standard InChI is InChI=1S/C10H7F3N2O4.H2O/c11-10(12,7(16)8(17)19-13)15-9(18)14-6-4-2-1-3-5-6;/h1-5H,(H2,14,15,18);1H2. The Morgan fingerprint density at radius 1 is 1.10 bits per heavy atom. The summed E-state index contributed by atoms with van der Waals surface area (Å²) in [4.78, 5) is 34.5. The number of Topliss-reactive ketones (excluding diaryl/α,β-unsaturated/α-hetero) is 1. The molecule has 1 aromatic rings. The molecule has 20 heavy (non-hydrogen) atoms. The van der Waals surface area contributed by atoms with Gasteiger partial charge in [-0.3, -0.25) is 10.1 Å². The van der Waals surface area contributed by atoms with E-state index in [0.29, 0.717) is 0 Å². The number of halogens is 3. The van der Waals surface area contributed by atoms with Crippen molar-refractivity contribution in [3.05, 3.63) is 30.3 Å². The van der Waals surface area contributed by atoms with Gasteiger partial charge in [0.1, 0.15) is 0 Å². The molecule has 0 aromatic heterocycles. The average Bonchev–Trinajstić information content (AvgIpc) is 2.37. The van der Waals surface area contributed by atoms with Crippen molar-refractivity contribution in [2.45, 2.75) is 6.05 Å². The van der Waals surface area contributed by atoms with Crippen LogP contribution >= 0.6 is 0 Å². The monoisotopic (exact) mass is 294 g/mol. The molecule has 1 rings (SSSR count). The van der Waals surface area contributed by atoms with E-state index in [4.69, 9.17) is 0 Å². The van der Waals surface area contributed by atoms with E-state index < -0.39 is 23.8 Å². The summed E-state index contributed by atoms with van der Waals surface area (Å²) < 4.78 is 37.4. The molecule has 1 aromatic carbocycles. The smallest absolute Gasteiger partial charge is 0.412 e. The van der Waals surface area contributed by atoms with Gasteiger partial charge in [0.05, 0.1) is 0 Å². The van der Waals surface area contributed by atoms with Crippen molar-refractivity contribution < 1.29 is 38.1 Å². The lowest BCUT2D eigenvalue weighted by Crippen LogP contribution is -2.51. The molecule has 0 unspecified atom stereocenters. The lowest BCUT2D eigenvalue weighted by Gasteiger charge is -2.14. The van der Waals surface area contributed by atoms with Crippen LogP contribution in [0.15, 0.2) is 30.3 Å². The van der Waals surface area contributed by atoms with Gasteiger partial charge in [0.15, 0.2) is 0 Å². The summed E-state index contributed by atoms with van der Waals surface area (Å²) in [5, 5.41) is 2.90. The lowest BCUT2D eigenvalue weighted by atomic mass is 10.3. The van der Waals surface area contributed by atoms with Crippen LogP contribution in [0.5, 0.6) is 0 Å². The van der Waals surface area contributed by atoms with Crippen molar-refractivity contribution in [3.8, 4) is 0 Å². The highest BCUT2D eigenvalue weighted by Gasteiger charge is 2.46. The van der Waals surface area contributed by atoms with Gasteiger partial charge in [-0.15, -0.1) is 0 Å². The van der Waals surface area contributed by atoms with Gasteiger partial charge in [-0.25, -0.2) is 14.5 Å². The molecule has 0 aliphatic rings. The molecule has 10 heteroatoms. The largest absolute Gasteiger partial charge is 0.423 e. The Kier molecular flexibility index (Phi) is 6.16. The van der Waals surface area contributed by atoms with Gasteiger partial charge in [0, 0.05) is 10.2 Å². The fraction of sp³-hybridized carbons (Fsp3) is 0.100. The van der Waals surface area contributed by atoms with E-state index >= 15 is 0 Å². The molecule has 0 heterocycles. The fourth-order valence-corrected chi connectivity index (χ4v) is 1.05. The molecule has 4 N–H and O–H groups in total. The molecule has 0 radical (unpaired) electrons. The molecule has 0 aliphatic heterocycles. The summed E-state index contributed by atoms with van der Waals surface area (Å²) in [6.45, 7) is 0. The number of amides is 2. The quantitative estimate of drug-likeness (QED) is 0.623. The fourth-order valence-electron chi connectivity index (χ4n) is 1.05. The van der Waals surface area contributed by atoms with Crippen molar-refractivity contribution in [2.75, 3.05) is 5.32 Å². The molecule has 2 amide bonds. The molecule has 110 valence electrons. The summed E-state index contributed by atoms with van der Waals surface area (Å²) in [5.41, 5.74) is 0.177. The predicted octanol–water partition coefficient (Wildman–Crippen LogP) is 0.573. The Hall–Kier alpha value is -2.62. The first-order valence-corrected chi connectivity index (χ1v) is 4.76. The number of carbonyl (C=O) groups excluding carboxylic acids is 3. The summed E-state index contributed by atoms with van der Waals surface area (Å²) in [7, 11) is 0. The summed E-state index contributed by atoms with van der Waals surface area (Å²) in [6.07, 6.45) is 0. The summed E-state index contributed by atoms with van der Waals surface area (Å²) >= 11 is 0. The van der Waals surface area contributed by atoms with Crippen LogP contribution in [0.25, 0.3) is 0 Å². The zero-order valence-electron chi connectivity index (χ0n) is 9.65. The number of carbonyl (C=O) groups is 3. The summed E-state index contributed by atoms with van der Waals surface area (Å²) in [6, 6.07) is 1.44. The minimum atomic E-state index is -4.58. The Bertz CT molecular complexity index is 495. The maximum absolute atomic E-state index is 13.0. The number of para-hydroxylation sites is 1. The minimum Gasteiger partial charge on any atom is -0.412 e. The van der Waals surface area contributed by atoms with E-state index in [0.717, 1.165) is 5.32 Å². The molecule has 0 saturated carbocycles. The van der Waals surface area contributed by atoms with E-state index in [1.807, 2.05) is 5.32 Å². The molecule has 0 fully saturated rings. The van der Waals surface area contributed by atoms with Crippen LogP contribution in [0.3, 0.4) is 0 Å². The molecule has 0 aliphatic carbocycles. The van der Waals surface area contributed by atoms with Gasteiger partial charge in [-0.05, 0) is 12.1 Å². The van der Waals surface area contributed by atoms with Crippen LogP contribution in [-0.2, 0) is 14.5 Å². The Morgan fingerprint density at radius 3 is 2.15 bits per heavy atom. The van der Waals surface area contributed by atoms with Crippen LogP contribution in [0.2, 0.25) is 0 Å². The van der Waals surface area contributed by atoms with Crippen molar-refractivity contribution in [3.63, 3.8) is 0 Å². The van der Waals surface area contributed by atoms with Crippen molar-refractivity contribution in [1.29, 1.82) is 0 Å². The third-order valence-corrected chi connectivity index (χ3v) is 1.84. The molecule has 0 atom stereocenters. The Morgan fingerprint density at radius 2 is 1.65 bits per heavy atom. The number of urea groups is 1. The van der Waals surface area contributed by atoms with Gasteiger partial charge in [0.25, 0.3) is 0 Å². The van der Waals surface area contributed by atoms with Gasteiger partial charge in [-0.1, -0.05) is 18.2 Å². The predicted molar refractivity (Wildman–Crippen MR) is 59.4 cm³/mol. The normalized spacial score (nSPS) is 9.95. The highest BCUT2D eigenvalue weighted by Crippen LogP contribution is 2.13. The topological polar surface area (TPSA) is 116 Å². The first-order chi connectivity index (χ1) is 8.86. The number of ketones is 1. The second kappa shape index (κ2) is 7.09. The third-order valence-electron chi connectivity index (χ3n) is 1.84. The van der Waals surface area contributed by atoms with Gasteiger partial charge in [0.2, 0.25) is 0 Å². The van der Waals surface area contributed by atoms with Gasteiger partial charge >= 0.3 is 23.8 Å². The van der Waals surface area contributed by atoms with Gasteiger partial charge < -0.3 is 10.8 Å². The lowest BCUT2D eigenvalue weighted by molar-refractivity contribution is -0.193. The second-order valence-corrected chi connectivity index (χ2v) is 3.21. The Balaban J connectivity index is 0.00000361. The highest BCUT2D eigenvalue weighted by molar-refractivity contribution is 6.36. The first kappa shape index (κ1) is 17.4. The van der Waals surface area contributed by atoms with Crippen molar-refractivity contribution >= 4 is 23.5 Å². The molecule has 0 saturated heterocycles. The van der Waals surface area contributed by atoms with E-state index in [-0.39, 0.29) is 11.2 Å². The second-order valence-electron chi connectivity index (χ2n) is 3.21. The van der Waals surface area contributed by atoms with Crippen molar-refractivity contribution in [2.24, 2.45) is 0 Å². The molecule has 0 spiro atoms. The average molecular weight is 294 g/mol. The van der Waals surface area contributed by atoms with E-state index in [1.165, 1.54) is 24.3 Å². The number of hydrogen-bond donors (Lipinski definition) is 2. The van der Waals surface area contributed by atoms with E-state index in [2.05, 4.69) is 4.94 Å². The number of rotatable bonds is 4. The molecule has 0 bridgehead atoms. The van der Waals surface area contributed by atoms with E-state index in [9.17, 15) is 27.7 Å². The number of hydrogen-bond acceptors (Lipinski definition) is 4. The molecule has 7 nitrogen and oxygen atoms in total. The van der Waals surface area contributed by atoms with Crippen LogP contribution in [0, 0.1) is 0 Å². The minimum absolute atomic E-state index is 0. The highest BCUT2D eigenvalue weighted by atomic mass is 19.3. The maximum Gasteiger partial charge on any atom is 0.423 e. The van der Waals surface area contributed by atoms with Gasteiger partial charge in [-0.2, -0.15) is 8.78 Å².